The topological polar surface area (TPSA) is 26.0 Å². The minimum Gasteiger partial charge on any atom is -0.322 e. The van der Waals surface area contributed by atoms with Gasteiger partial charge in [-0.05, 0) is 30.7 Å². The highest BCUT2D eigenvalue weighted by Gasteiger charge is 1.97. The summed E-state index contributed by atoms with van der Waals surface area (Å²) in [6.45, 7) is 1.75. The van der Waals surface area contributed by atoms with Crippen LogP contribution in [0.2, 0.25) is 0 Å². The highest BCUT2D eigenvalue weighted by molar-refractivity contribution is 7.99. The van der Waals surface area contributed by atoms with Crippen LogP contribution < -0.4 is 5.73 Å². The number of hydrogen-bond donors (Lipinski definition) is 1. The van der Waals surface area contributed by atoms with Crippen LogP contribution in [0.4, 0.5) is 4.39 Å². The summed E-state index contributed by atoms with van der Waals surface area (Å²) in [5.74, 6) is 0.372. The van der Waals surface area contributed by atoms with Gasteiger partial charge in [-0.3, -0.25) is 0 Å². The van der Waals surface area contributed by atoms with E-state index >= 15 is 0 Å². The quantitative estimate of drug-likeness (QED) is 0.545. The molecule has 0 amide bonds. The molecule has 11 heavy (non-hydrogen) atoms. The number of halogens is 1. The summed E-state index contributed by atoms with van der Waals surface area (Å²) >= 11 is 1.51. The van der Waals surface area contributed by atoms with Crippen LogP contribution >= 0.6 is 11.8 Å². The van der Waals surface area contributed by atoms with E-state index in [4.69, 9.17) is 5.73 Å². The Labute approximate surface area is 69.8 Å². The Bertz CT molecular complexity index is 250. The minimum absolute atomic E-state index is 0.161. The van der Waals surface area contributed by atoms with E-state index in [1.165, 1.54) is 17.8 Å². The van der Waals surface area contributed by atoms with Gasteiger partial charge in [0.15, 0.2) is 0 Å². The molecule has 1 rings (SSSR count). The predicted octanol–water partition coefficient (Wildman–Crippen LogP) is 2.14. The number of benzene rings is 1. The van der Waals surface area contributed by atoms with Crippen molar-refractivity contribution < 1.29 is 4.39 Å². The maximum atomic E-state index is 12.7. The molecule has 0 spiro atoms. The van der Waals surface area contributed by atoms with E-state index in [1.54, 1.807) is 19.1 Å². The minimum atomic E-state index is -0.161. The van der Waals surface area contributed by atoms with E-state index in [0.717, 1.165) is 4.90 Å². The third-order valence-electron chi connectivity index (χ3n) is 1.38. The van der Waals surface area contributed by atoms with Crippen LogP contribution in [-0.2, 0) is 0 Å². The molecule has 0 atom stereocenters. The molecule has 0 bridgehead atoms. The van der Waals surface area contributed by atoms with Crippen molar-refractivity contribution in [2.24, 2.45) is 5.73 Å². The van der Waals surface area contributed by atoms with Gasteiger partial charge in [0.1, 0.15) is 5.82 Å². The van der Waals surface area contributed by atoms with Crippen LogP contribution in [0.3, 0.4) is 0 Å². The summed E-state index contributed by atoms with van der Waals surface area (Å²) < 4.78 is 12.7. The lowest BCUT2D eigenvalue weighted by molar-refractivity contribution is 0.617. The Morgan fingerprint density at radius 2 is 2.27 bits per heavy atom. The molecule has 1 aromatic carbocycles. The Morgan fingerprint density at radius 3 is 2.82 bits per heavy atom. The molecule has 1 nitrogen and oxygen atoms in total. The Hall–Kier alpha value is -0.540. The number of thioether (sulfide) groups is 1. The molecule has 0 heterocycles. The number of hydrogen-bond acceptors (Lipinski definition) is 2. The molecule has 0 aliphatic carbocycles. The maximum absolute atomic E-state index is 12.7. The highest BCUT2D eigenvalue weighted by Crippen LogP contribution is 2.18. The molecule has 1 aromatic rings. The molecule has 0 aromatic heterocycles. The zero-order valence-corrected chi connectivity index (χ0v) is 7.12. The van der Waals surface area contributed by atoms with Crippen molar-refractivity contribution in [2.75, 3.05) is 5.88 Å². The van der Waals surface area contributed by atoms with Crippen molar-refractivity contribution in [2.45, 2.75) is 11.8 Å². The van der Waals surface area contributed by atoms with Crippen molar-refractivity contribution >= 4 is 11.8 Å². The van der Waals surface area contributed by atoms with Crippen LogP contribution in [-0.4, -0.2) is 5.88 Å². The molecule has 3 heteroatoms. The summed E-state index contributed by atoms with van der Waals surface area (Å²) in [7, 11) is 0. The van der Waals surface area contributed by atoms with Crippen LogP contribution in [0.5, 0.6) is 0 Å². The van der Waals surface area contributed by atoms with Crippen LogP contribution in [0, 0.1) is 12.7 Å². The fraction of sp³-hybridized carbons (Fsp3) is 0.250. The van der Waals surface area contributed by atoms with Gasteiger partial charge in [-0.25, -0.2) is 4.39 Å². The van der Waals surface area contributed by atoms with Crippen molar-refractivity contribution in [1.29, 1.82) is 0 Å². The normalized spacial score (nSPS) is 10.1. The molecule has 0 saturated carbocycles. The smallest absolute Gasteiger partial charge is 0.126 e. The first-order valence-corrected chi connectivity index (χ1v) is 4.31. The zero-order chi connectivity index (χ0) is 8.27. The van der Waals surface area contributed by atoms with E-state index in [9.17, 15) is 4.39 Å². The second kappa shape index (κ2) is 3.74. The molecule has 0 fully saturated rings. The molecule has 0 unspecified atom stereocenters. The van der Waals surface area contributed by atoms with Gasteiger partial charge in [0.05, 0.1) is 0 Å². The van der Waals surface area contributed by atoms with Gasteiger partial charge >= 0.3 is 0 Å². The average Bonchev–Trinajstić information content (AvgIpc) is 1.98. The van der Waals surface area contributed by atoms with Gasteiger partial charge in [0.2, 0.25) is 0 Å². The third-order valence-corrected chi connectivity index (χ3v) is 2.13. The molecule has 0 radical (unpaired) electrons. The summed E-state index contributed by atoms with van der Waals surface area (Å²) in [6.07, 6.45) is 0. The second-order valence-electron chi connectivity index (χ2n) is 2.22. The molecule has 60 valence electrons. The lowest BCUT2D eigenvalue weighted by Crippen LogP contribution is -1.92. The molecule has 0 aliphatic rings. The highest BCUT2D eigenvalue weighted by atomic mass is 32.2. The van der Waals surface area contributed by atoms with Gasteiger partial charge in [0, 0.05) is 10.8 Å². The van der Waals surface area contributed by atoms with Crippen molar-refractivity contribution in [3.63, 3.8) is 0 Å². The average molecular weight is 171 g/mol. The van der Waals surface area contributed by atoms with Crippen molar-refractivity contribution in [1.82, 2.24) is 0 Å². The van der Waals surface area contributed by atoms with Gasteiger partial charge in [-0.1, -0.05) is 0 Å². The fourth-order valence-corrected chi connectivity index (χ4v) is 1.42. The standard InChI is InChI=1S/C8H10FNS/c1-6-4-7(11-5-10)2-3-8(6)9/h2-4H,5,10H2,1H3. The van der Waals surface area contributed by atoms with Crippen LogP contribution in [0.1, 0.15) is 5.56 Å². The number of rotatable bonds is 2. The fourth-order valence-electron chi connectivity index (χ4n) is 0.803. The first-order valence-electron chi connectivity index (χ1n) is 3.33. The number of nitrogens with two attached hydrogens (primary N) is 1. The Balaban J connectivity index is 2.86. The lowest BCUT2D eigenvalue weighted by Gasteiger charge is -2.00. The summed E-state index contributed by atoms with van der Waals surface area (Å²) in [5.41, 5.74) is 5.99. The van der Waals surface area contributed by atoms with E-state index < -0.39 is 0 Å². The summed E-state index contributed by atoms with van der Waals surface area (Å²) in [6, 6.07) is 5.00. The monoisotopic (exact) mass is 171 g/mol. The van der Waals surface area contributed by atoms with Crippen molar-refractivity contribution in [3.8, 4) is 0 Å². The zero-order valence-electron chi connectivity index (χ0n) is 6.30. The SMILES string of the molecule is Cc1cc(SCN)ccc1F. The number of aryl methyl sites for hydroxylation is 1. The first-order chi connectivity index (χ1) is 5.24. The summed E-state index contributed by atoms with van der Waals surface area (Å²) in [5, 5.41) is 0. The molecule has 0 aliphatic heterocycles. The maximum Gasteiger partial charge on any atom is 0.126 e. The third kappa shape index (κ3) is 2.20. The molecular weight excluding hydrogens is 161 g/mol. The van der Waals surface area contributed by atoms with Gasteiger partial charge in [-0.15, -0.1) is 11.8 Å². The van der Waals surface area contributed by atoms with Crippen LogP contribution in [0.25, 0.3) is 0 Å². The van der Waals surface area contributed by atoms with E-state index in [0.29, 0.717) is 11.4 Å². The lowest BCUT2D eigenvalue weighted by atomic mass is 10.2. The largest absolute Gasteiger partial charge is 0.322 e. The molecular formula is C8H10FNS. The first kappa shape index (κ1) is 8.56. The molecule has 2 N–H and O–H groups in total. The summed E-state index contributed by atoms with van der Waals surface area (Å²) in [4.78, 5) is 1.02. The van der Waals surface area contributed by atoms with E-state index in [2.05, 4.69) is 0 Å². The second-order valence-corrected chi connectivity index (χ2v) is 3.32. The Morgan fingerprint density at radius 1 is 1.55 bits per heavy atom. The van der Waals surface area contributed by atoms with Gasteiger partial charge in [0.25, 0.3) is 0 Å². The Kier molecular flexibility index (Phi) is 2.91. The predicted molar refractivity (Wildman–Crippen MR) is 46.0 cm³/mol. The molecule has 0 saturated heterocycles. The van der Waals surface area contributed by atoms with Crippen LogP contribution in [0.15, 0.2) is 23.1 Å². The van der Waals surface area contributed by atoms with E-state index in [1.807, 2.05) is 0 Å². The van der Waals surface area contributed by atoms with Gasteiger partial charge < -0.3 is 5.73 Å². The van der Waals surface area contributed by atoms with Gasteiger partial charge in [-0.2, -0.15) is 0 Å². The van der Waals surface area contributed by atoms with E-state index in [-0.39, 0.29) is 5.82 Å². The van der Waals surface area contributed by atoms with Crippen molar-refractivity contribution in [3.05, 3.63) is 29.6 Å².